The number of hydrogen-bond acceptors (Lipinski definition) is 2. The summed E-state index contributed by atoms with van der Waals surface area (Å²) in [4.78, 5) is 13.0. The lowest BCUT2D eigenvalue weighted by atomic mass is 9.79. The van der Waals surface area contributed by atoms with Crippen molar-refractivity contribution in [1.82, 2.24) is 10.2 Å². The van der Waals surface area contributed by atoms with Gasteiger partial charge in [-0.05, 0) is 25.4 Å². The van der Waals surface area contributed by atoms with Crippen molar-refractivity contribution in [3.63, 3.8) is 0 Å². The third-order valence-corrected chi connectivity index (χ3v) is 2.74. The van der Waals surface area contributed by atoms with Crippen molar-refractivity contribution in [2.45, 2.75) is 26.3 Å². The van der Waals surface area contributed by atoms with E-state index in [-0.39, 0.29) is 23.9 Å². The van der Waals surface area contributed by atoms with Gasteiger partial charge in [-0.1, -0.05) is 13.8 Å². The molecule has 1 aliphatic heterocycles. The first-order valence-electron chi connectivity index (χ1n) is 4.66. The van der Waals surface area contributed by atoms with Crippen molar-refractivity contribution < 1.29 is 4.79 Å². The topological polar surface area (TPSA) is 58.4 Å². The van der Waals surface area contributed by atoms with Crippen molar-refractivity contribution in [3.05, 3.63) is 0 Å². The molecule has 0 aromatic rings. The fraction of sp³-hybridized carbons (Fsp3) is 0.889. The molecule has 1 aliphatic rings. The van der Waals surface area contributed by atoms with Crippen LogP contribution in [0.25, 0.3) is 0 Å². The van der Waals surface area contributed by atoms with E-state index in [1.807, 2.05) is 0 Å². The minimum absolute atomic E-state index is 0. The van der Waals surface area contributed by atoms with Gasteiger partial charge < -0.3 is 16.0 Å². The van der Waals surface area contributed by atoms with Gasteiger partial charge in [0.05, 0.1) is 0 Å². The molecule has 1 saturated heterocycles. The monoisotopic (exact) mass is 221 g/mol. The van der Waals surface area contributed by atoms with Crippen LogP contribution in [0.1, 0.15) is 20.3 Å². The number of likely N-dealkylation sites (tertiary alicyclic amines) is 1. The van der Waals surface area contributed by atoms with Gasteiger partial charge in [-0.3, -0.25) is 0 Å². The summed E-state index contributed by atoms with van der Waals surface area (Å²) < 4.78 is 0. The van der Waals surface area contributed by atoms with E-state index in [4.69, 9.17) is 5.73 Å². The average Bonchev–Trinajstić information content (AvgIpc) is 1.93. The van der Waals surface area contributed by atoms with Crippen LogP contribution in [-0.4, -0.2) is 37.1 Å². The Balaban J connectivity index is 0.00000169. The first-order valence-corrected chi connectivity index (χ1v) is 4.66. The van der Waals surface area contributed by atoms with Gasteiger partial charge in [-0.25, -0.2) is 4.79 Å². The Morgan fingerprint density at radius 3 is 2.57 bits per heavy atom. The van der Waals surface area contributed by atoms with E-state index in [9.17, 15) is 4.79 Å². The Labute approximate surface area is 91.6 Å². The minimum Gasteiger partial charge on any atom is -0.352 e. The van der Waals surface area contributed by atoms with Crippen LogP contribution in [0, 0.1) is 5.41 Å². The zero-order chi connectivity index (χ0) is 10.1. The highest BCUT2D eigenvalue weighted by Gasteiger charge is 2.34. The molecule has 1 heterocycles. The van der Waals surface area contributed by atoms with E-state index >= 15 is 0 Å². The van der Waals surface area contributed by atoms with Crippen molar-refractivity contribution in [3.8, 4) is 0 Å². The second kappa shape index (κ2) is 4.84. The van der Waals surface area contributed by atoms with E-state index < -0.39 is 6.03 Å². The molecule has 1 unspecified atom stereocenters. The maximum absolute atomic E-state index is 10.7. The fourth-order valence-electron chi connectivity index (χ4n) is 2.06. The van der Waals surface area contributed by atoms with E-state index in [0.717, 1.165) is 19.5 Å². The predicted octanol–water partition coefficient (Wildman–Crippen LogP) is 0.807. The molecule has 2 amide bonds. The van der Waals surface area contributed by atoms with Crippen LogP contribution in [0.3, 0.4) is 0 Å². The summed E-state index contributed by atoms with van der Waals surface area (Å²) in [5, 5.41) is 2.80. The Morgan fingerprint density at radius 1 is 1.57 bits per heavy atom. The van der Waals surface area contributed by atoms with Crippen LogP contribution in [-0.2, 0) is 0 Å². The molecule has 0 saturated carbocycles. The van der Waals surface area contributed by atoms with Gasteiger partial charge in [0.25, 0.3) is 0 Å². The fourth-order valence-corrected chi connectivity index (χ4v) is 2.06. The van der Waals surface area contributed by atoms with Crippen molar-refractivity contribution in [2.24, 2.45) is 11.1 Å². The lowest BCUT2D eigenvalue weighted by Gasteiger charge is -2.42. The molecule has 0 spiro atoms. The molecule has 0 aromatic carbocycles. The summed E-state index contributed by atoms with van der Waals surface area (Å²) in [7, 11) is 2.10. The quantitative estimate of drug-likeness (QED) is 0.689. The number of nitrogens with one attached hydrogen (secondary N) is 1. The lowest BCUT2D eigenvalue weighted by molar-refractivity contribution is 0.101. The third kappa shape index (κ3) is 3.35. The molecule has 0 aliphatic carbocycles. The lowest BCUT2D eigenvalue weighted by Crippen LogP contribution is -2.55. The van der Waals surface area contributed by atoms with Gasteiger partial charge in [0.2, 0.25) is 0 Å². The maximum Gasteiger partial charge on any atom is 0.312 e. The Hall–Kier alpha value is -0.480. The second-order valence-electron chi connectivity index (χ2n) is 4.58. The number of hydrogen-bond donors (Lipinski definition) is 2. The number of piperidine rings is 1. The molecule has 0 aromatic heterocycles. The zero-order valence-corrected chi connectivity index (χ0v) is 9.86. The molecule has 84 valence electrons. The van der Waals surface area contributed by atoms with Crippen LogP contribution in [0.15, 0.2) is 0 Å². The van der Waals surface area contributed by atoms with Crippen LogP contribution in [0.5, 0.6) is 0 Å². The van der Waals surface area contributed by atoms with Gasteiger partial charge in [-0.2, -0.15) is 0 Å². The molecule has 14 heavy (non-hydrogen) atoms. The van der Waals surface area contributed by atoms with E-state index in [2.05, 4.69) is 31.1 Å². The SMILES string of the molecule is CN1CCC(NC(N)=O)C(C)(C)C1.Cl. The number of primary amides is 1. The standard InChI is InChI=1S/C9H19N3O.ClH/c1-9(2)6-12(3)5-4-7(9)11-8(10)13;/h7H,4-6H2,1-3H3,(H3,10,11,13);1H. The van der Waals surface area contributed by atoms with Crippen LogP contribution in [0.4, 0.5) is 4.79 Å². The molecule has 0 bridgehead atoms. The number of urea groups is 1. The van der Waals surface area contributed by atoms with E-state index in [1.165, 1.54) is 0 Å². The van der Waals surface area contributed by atoms with Crippen molar-refractivity contribution in [2.75, 3.05) is 20.1 Å². The van der Waals surface area contributed by atoms with Crippen LogP contribution in [0.2, 0.25) is 0 Å². The third-order valence-electron chi connectivity index (χ3n) is 2.74. The summed E-state index contributed by atoms with van der Waals surface area (Å²) in [5.74, 6) is 0. The molecule has 3 N–H and O–H groups in total. The molecule has 5 heteroatoms. The predicted molar refractivity (Wildman–Crippen MR) is 59.7 cm³/mol. The summed E-state index contributed by atoms with van der Waals surface area (Å²) in [6.07, 6.45) is 0.979. The molecular formula is C9H20ClN3O. The summed E-state index contributed by atoms with van der Waals surface area (Å²) in [6, 6.07) is -0.205. The number of nitrogens with zero attached hydrogens (tertiary/aromatic N) is 1. The van der Waals surface area contributed by atoms with Gasteiger partial charge in [0, 0.05) is 12.6 Å². The molecule has 0 radical (unpaired) electrons. The first-order chi connectivity index (χ1) is 5.92. The van der Waals surface area contributed by atoms with Crippen molar-refractivity contribution >= 4 is 18.4 Å². The van der Waals surface area contributed by atoms with Gasteiger partial charge in [0.15, 0.2) is 0 Å². The largest absolute Gasteiger partial charge is 0.352 e. The molecule has 1 rings (SSSR count). The maximum atomic E-state index is 10.7. The normalized spacial score (nSPS) is 26.4. The van der Waals surface area contributed by atoms with Crippen LogP contribution < -0.4 is 11.1 Å². The Kier molecular flexibility index (Phi) is 4.68. The number of rotatable bonds is 1. The molecule has 4 nitrogen and oxygen atoms in total. The van der Waals surface area contributed by atoms with Crippen molar-refractivity contribution in [1.29, 1.82) is 0 Å². The minimum atomic E-state index is -0.414. The highest BCUT2D eigenvalue weighted by molar-refractivity contribution is 5.85. The Morgan fingerprint density at radius 2 is 2.14 bits per heavy atom. The second-order valence-corrected chi connectivity index (χ2v) is 4.58. The summed E-state index contributed by atoms with van der Waals surface area (Å²) >= 11 is 0. The van der Waals surface area contributed by atoms with Gasteiger partial charge >= 0.3 is 6.03 Å². The first kappa shape index (κ1) is 13.5. The Bertz CT molecular complexity index is 208. The zero-order valence-electron chi connectivity index (χ0n) is 9.04. The van der Waals surface area contributed by atoms with Crippen LogP contribution >= 0.6 is 12.4 Å². The number of halogens is 1. The van der Waals surface area contributed by atoms with E-state index in [1.54, 1.807) is 0 Å². The van der Waals surface area contributed by atoms with E-state index in [0.29, 0.717) is 0 Å². The molecule has 1 atom stereocenters. The smallest absolute Gasteiger partial charge is 0.312 e. The number of amides is 2. The molecule has 1 fully saturated rings. The van der Waals surface area contributed by atoms with Gasteiger partial charge in [0.1, 0.15) is 0 Å². The summed E-state index contributed by atoms with van der Waals surface area (Å²) in [6.45, 7) is 6.33. The average molecular weight is 222 g/mol. The highest BCUT2D eigenvalue weighted by atomic mass is 35.5. The number of nitrogens with two attached hydrogens (primary N) is 1. The highest BCUT2D eigenvalue weighted by Crippen LogP contribution is 2.28. The number of carbonyl (C=O) groups excluding carboxylic acids is 1. The summed E-state index contributed by atoms with van der Waals surface area (Å²) in [5.41, 5.74) is 5.23. The molecular weight excluding hydrogens is 202 g/mol. The number of carbonyl (C=O) groups is 1. The van der Waals surface area contributed by atoms with Gasteiger partial charge in [-0.15, -0.1) is 12.4 Å².